The predicted octanol–water partition coefficient (Wildman–Crippen LogP) is 2.72. The molecule has 116 valence electrons. The number of aryl methyl sites for hydroxylation is 1. The van der Waals surface area contributed by atoms with Crippen molar-refractivity contribution >= 4 is 45.8 Å². The van der Waals surface area contributed by atoms with Gasteiger partial charge in [0.25, 0.3) is 0 Å². The Morgan fingerprint density at radius 1 is 1.33 bits per heavy atom. The third-order valence-corrected chi connectivity index (χ3v) is 4.20. The van der Waals surface area contributed by atoms with Gasteiger partial charge < -0.3 is 16.2 Å². The van der Waals surface area contributed by atoms with Gasteiger partial charge in [-0.1, -0.05) is 24.4 Å². The Labute approximate surface area is 144 Å². The van der Waals surface area contributed by atoms with Crippen molar-refractivity contribution in [3.05, 3.63) is 33.4 Å². The van der Waals surface area contributed by atoms with E-state index in [4.69, 9.17) is 23.1 Å². The zero-order valence-corrected chi connectivity index (χ0v) is 14.8. The highest BCUT2D eigenvalue weighted by Gasteiger charge is 2.09. The molecule has 0 aliphatic carbocycles. The molecule has 1 rings (SSSR count). The minimum Gasteiger partial charge on any atom is -0.480 e. The van der Waals surface area contributed by atoms with Gasteiger partial charge in [-0.05, 0) is 66.0 Å². The maximum atomic E-state index is 10.6. The van der Waals surface area contributed by atoms with Crippen molar-refractivity contribution in [1.29, 1.82) is 0 Å². The van der Waals surface area contributed by atoms with Crippen LogP contribution in [-0.2, 0) is 11.2 Å². The van der Waals surface area contributed by atoms with Crippen molar-refractivity contribution in [3.63, 3.8) is 0 Å². The van der Waals surface area contributed by atoms with Gasteiger partial charge in [0.1, 0.15) is 6.04 Å². The number of nitrogens with two attached hydrogens (primary N) is 1. The van der Waals surface area contributed by atoms with Crippen LogP contribution in [-0.4, -0.2) is 28.7 Å². The smallest absolute Gasteiger partial charge is 0.320 e. The molecule has 0 fully saturated rings. The number of nitrogens with one attached hydrogen (secondary N) is 1. The summed E-state index contributed by atoms with van der Waals surface area (Å²) in [7, 11) is 0. The Hall–Kier alpha value is -0.730. The largest absolute Gasteiger partial charge is 0.480 e. The second-order valence-electron chi connectivity index (χ2n) is 4.92. The molecule has 1 atom stereocenters. The number of carboxylic acids is 1. The van der Waals surface area contributed by atoms with E-state index in [0.717, 1.165) is 37.2 Å². The lowest BCUT2D eigenvalue weighted by Gasteiger charge is -2.09. The zero-order chi connectivity index (χ0) is 15.7. The Balaban J connectivity index is 2.09. The van der Waals surface area contributed by atoms with E-state index in [1.807, 2.05) is 0 Å². The Morgan fingerprint density at radius 2 is 2.00 bits per heavy atom. The van der Waals surface area contributed by atoms with E-state index in [1.54, 1.807) is 0 Å². The maximum absolute atomic E-state index is 10.6. The lowest BCUT2D eigenvalue weighted by Crippen LogP contribution is -2.30. The summed E-state index contributed by atoms with van der Waals surface area (Å²) in [5, 5.41) is 11.9. The monoisotopic (exact) mass is 418 g/mol. The first-order chi connectivity index (χ1) is 9.99. The number of aliphatic carboxylic acids is 1. The topological polar surface area (TPSA) is 75.3 Å². The van der Waals surface area contributed by atoms with Gasteiger partial charge in [0.2, 0.25) is 0 Å². The van der Waals surface area contributed by atoms with E-state index in [2.05, 4.69) is 52.2 Å². The number of hydrogen-bond donors (Lipinski definition) is 3. The van der Waals surface area contributed by atoms with Crippen LogP contribution in [0.1, 0.15) is 31.2 Å². The summed E-state index contributed by atoms with van der Waals surface area (Å²) in [5.74, 6) is -0.934. The van der Waals surface area contributed by atoms with Gasteiger partial charge in [0.05, 0.1) is 4.99 Å². The second kappa shape index (κ2) is 10.1. The summed E-state index contributed by atoms with van der Waals surface area (Å²) < 4.78 is 1.23. The molecular weight excluding hydrogens is 397 g/mol. The number of benzene rings is 1. The Morgan fingerprint density at radius 3 is 2.62 bits per heavy atom. The van der Waals surface area contributed by atoms with Crippen LogP contribution in [0.3, 0.4) is 0 Å². The van der Waals surface area contributed by atoms with Gasteiger partial charge in [-0.3, -0.25) is 4.79 Å². The molecule has 0 bridgehead atoms. The number of unbranched alkanes of at least 4 members (excludes halogenated alkanes) is 1. The van der Waals surface area contributed by atoms with Gasteiger partial charge in [0, 0.05) is 16.5 Å². The minimum absolute atomic E-state index is 0.506. The van der Waals surface area contributed by atoms with Crippen LogP contribution in [0, 0.1) is 3.57 Å². The summed E-state index contributed by atoms with van der Waals surface area (Å²) in [6, 6.07) is 7.68. The first-order valence-corrected chi connectivity index (χ1v) is 8.47. The van der Waals surface area contributed by atoms with Gasteiger partial charge >= 0.3 is 5.97 Å². The van der Waals surface area contributed by atoms with E-state index in [-0.39, 0.29) is 0 Å². The lowest BCUT2D eigenvalue weighted by atomic mass is 10.1. The van der Waals surface area contributed by atoms with Gasteiger partial charge in [-0.15, -0.1) is 0 Å². The van der Waals surface area contributed by atoms with Crippen LogP contribution < -0.4 is 11.1 Å². The molecule has 1 aromatic rings. The summed E-state index contributed by atoms with van der Waals surface area (Å²) >= 11 is 7.58. The molecule has 4 nitrogen and oxygen atoms in total. The molecule has 21 heavy (non-hydrogen) atoms. The molecule has 0 heterocycles. The van der Waals surface area contributed by atoms with Crippen LogP contribution >= 0.6 is 34.8 Å². The molecule has 1 aromatic carbocycles. The van der Waals surface area contributed by atoms with Crippen molar-refractivity contribution in [1.82, 2.24) is 5.32 Å². The van der Waals surface area contributed by atoms with E-state index >= 15 is 0 Å². The molecule has 0 aliphatic rings. The molecule has 4 N–H and O–H groups in total. The first kappa shape index (κ1) is 18.3. The quantitative estimate of drug-likeness (QED) is 0.327. The highest BCUT2D eigenvalue weighted by Crippen LogP contribution is 2.08. The van der Waals surface area contributed by atoms with E-state index in [0.29, 0.717) is 6.42 Å². The maximum Gasteiger partial charge on any atom is 0.320 e. The molecule has 0 unspecified atom stereocenters. The van der Waals surface area contributed by atoms with Crippen molar-refractivity contribution in [3.8, 4) is 0 Å². The van der Waals surface area contributed by atoms with Crippen molar-refractivity contribution < 1.29 is 9.90 Å². The minimum atomic E-state index is -0.934. The fourth-order valence-corrected chi connectivity index (χ4v) is 2.40. The van der Waals surface area contributed by atoms with E-state index in [9.17, 15) is 4.79 Å². The lowest BCUT2D eigenvalue weighted by molar-refractivity contribution is -0.138. The summed E-state index contributed by atoms with van der Waals surface area (Å²) in [6.07, 6.45) is 3.95. The summed E-state index contributed by atoms with van der Waals surface area (Å²) in [5.41, 5.74) is 6.72. The highest BCUT2D eigenvalue weighted by atomic mass is 125. The van der Waals surface area contributed by atoms with Crippen LogP contribution in [0.15, 0.2) is 24.3 Å². The van der Waals surface area contributed by atoms with Crippen molar-refractivity contribution in [2.75, 3.05) is 6.54 Å². The highest BCUT2D eigenvalue weighted by molar-refractivity contribution is 14.1. The average molecular weight is 418 g/mol. The second-order valence-corrected chi connectivity index (χ2v) is 6.66. The van der Waals surface area contributed by atoms with Crippen LogP contribution in [0.25, 0.3) is 0 Å². The normalized spacial score (nSPS) is 11.9. The molecule has 0 aliphatic heterocycles. The number of hydrogen-bond acceptors (Lipinski definition) is 3. The third-order valence-electron chi connectivity index (χ3n) is 3.14. The number of rotatable bonds is 9. The number of halogens is 1. The fraction of sp³-hybridized carbons (Fsp3) is 0.467. The van der Waals surface area contributed by atoms with E-state index < -0.39 is 12.0 Å². The molecule has 0 aromatic heterocycles. The van der Waals surface area contributed by atoms with Crippen molar-refractivity contribution in [2.24, 2.45) is 5.73 Å². The number of carbonyl (C=O) groups is 1. The van der Waals surface area contributed by atoms with Crippen LogP contribution in [0.2, 0.25) is 0 Å². The zero-order valence-electron chi connectivity index (χ0n) is 11.8. The third kappa shape index (κ3) is 8.33. The summed E-state index contributed by atoms with van der Waals surface area (Å²) in [6.45, 7) is 0.776. The fourth-order valence-electron chi connectivity index (χ4n) is 1.84. The van der Waals surface area contributed by atoms with Crippen molar-refractivity contribution in [2.45, 2.75) is 38.1 Å². The van der Waals surface area contributed by atoms with Gasteiger partial charge in [-0.2, -0.15) is 0 Å². The van der Waals surface area contributed by atoms with E-state index in [1.165, 1.54) is 9.13 Å². The Kier molecular flexibility index (Phi) is 8.79. The Bertz CT molecular complexity index is 465. The molecular formula is C15H21IN2O2S. The van der Waals surface area contributed by atoms with Crippen LogP contribution in [0.4, 0.5) is 0 Å². The predicted molar refractivity (Wildman–Crippen MR) is 97.5 cm³/mol. The molecule has 0 saturated carbocycles. The molecule has 0 saturated heterocycles. The van der Waals surface area contributed by atoms with Gasteiger partial charge in [0.15, 0.2) is 0 Å². The molecule has 0 spiro atoms. The molecule has 0 amide bonds. The molecule has 6 heteroatoms. The number of carboxylic acid groups (broad SMARTS) is 1. The summed E-state index contributed by atoms with van der Waals surface area (Å²) in [4.78, 5) is 11.4. The standard InChI is InChI=1S/C15H21IN2O2S/c16-12-7-4-11(5-8-12)6-9-14(21)18-10-2-1-3-13(17)15(19)20/h4-5,7-8,13H,1-3,6,9-10,17H2,(H,18,21)(H,19,20)/t13-/m0/s1/i16-2. The SMILES string of the molecule is N[C@@H](CCCCNC(=S)CCc1ccc([125I])cc1)C(=O)O. The average Bonchev–Trinajstić information content (AvgIpc) is 2.46. The van der Waals surface area contributed by atoms with Crippen LogP contribution in [0.5, 0.6) is 0 Å². The first-order valence-electron chi connectivity index (χ1n) is 6.98. The van der Waals surface area contributed by atoms with Gasteiger partial charge in [-0.25, -0.2) is 0 Å². The number of thiocarbonyl (C=S) groups is 1. The molecule has 0 radical (unpaired) electrons.